The van der Waals surface area contributed by atoms with E-state index in [0.717, 1.165) is 43.6 Å². The molecule has 1 saturated heterocycles. The van der Waals surface area contributed by atoms with Crippen molar-refractivity contribution in [1.82, 2.24) is 14.9 Å². The van der Waals surface area contributed by atoms with E-state index in [1.165, 1.54) is 11.3 Å². The van der Waals surface area contributed by atoms with Crippen molar-refractivity contribution in [2.24, 2.45) is 4.99 Å². The number of benzene rings is 1. The van der Waals surface area contributed by atoms with Crippen molar-refractivity contribution >= 4 is 33.0 Å². The number of ether oxygens (including phenoxy) is 1. The number of nitrogens with one attached hydrogen (secondary N) is 2. The minimum Gasteiger partial charge on any atom is -0.497 e. The Bertz CT molecular complexity index is 908. The summed E-state index contributed by atoms with van der Waals surface area (Å²) in [6, 6.07) is 11.4. The molecular formula is C19H27N5O3S2. The summed E-state index contributed by atoms with van der Waals surface area (Å²) < 4.78 is 32.5. The van der Waals surface area contributed by atoms with E-state index in [-0.39, 0.29) is 0 Å². The summed E-state index contributed by atoms with van der Waals surface area (Å²) in [5.41, 5.74) is 1.15. The molecule has 0 radical (unpaired) electrons. The Balaban J connectivity index is 1.45. The summed E-state index contributed by atoms with van der Waals surface area (Å²) in [7, 11) is -0.0155. The van der Waals surface area contributed by atoms with E-state index < -0.39 is 10.0 Å². The molecule has 0 bridgehead atoms. The standard InChI is InChI=1S/C19H27N5O3S2/c1-20-19(21-8-9-22-29(25,26)18-7-4-14-28-18)24-12-10-23(11-13-24)16-5-3-6-17(15-16)27-2/h3-7,14-15,22H,8-13H2,1-2H3,(H,20,21). The fourth-order valence-electron chi connectivity index (χ4n) is 3.16. The second-order valence-corrected chi connectivity index (χ2v) is 9.42. The van der Waals surface area contributed by atoms with Gasteiger partial charge in [0.2, 0.25) is 10.0 Å². The van der Waals surface area contributed by atoms with Crippen LogP contribution in [0.15, 0.2) is 51.0 Å². The number of piperazine rings is 1. The Morgan fingerprint density at radius 3 is 2.62 bits per heavy atom. The number of nitrogens with zero attached hydrogens (tertiary/aromatic N) is 3. The zero-order valence-electron chi connectivity index (χ0n) is 16.7. The topological polar surface area (TPSA) is 86.3 Å². The maximum absolute atomic E-state index is 12.1. The highest BCUT2D eigenvalue weighted by Gasteiger charge is 2.20. The van der Waals surface area contributed by atoms with Crippen LogP contribution in [0, 0.1) is 0 Å². The quantitative estimate of drug-likeness (QED) is 0.387. The molecule has 1 aliphatic rings. The first-order chi connectivity index (χ1) is 14.0. The molecule has 158 valence electrons. The van der Waals surface area contributed by atoms with Crippen molar-refractivity contribution in [2.45, 2.75) is 4.21 Å². The third kappa shape index (κ3) is 5.62. The number of hydrogen-bond acceptors (Lipinski definition) is 6. The predicted molar refractivity (Wildman–Crippen MR) is 118 cm³/mol. The molecule has 1 fully saturated rings. The van der Waals surface area contributed by atoms with Crippen LogP contribution in [0.5, 0.6) is 5.75 Å². The van der Waals surface area contributed by atoms with Crippen molar-refractivity contribution < 1.29 is 13.2 Å². The number of methoxy groups -OCH3 is 1. The molecule has 10 heteroatoms. The fraction of sp³-hybridized carbons (Fsp3) is 0.421. The smallest absolute Gasteiger partial charge is 0.250 e. The minimum atomic E-state index is -3.43. The zero-order valence-corrected chi connectivity index (χ0v) is 18.3. The van der Waals surface area contributed by atoms with E-state index in [9.17, 15) is 8.42 Å². The van der Waals surface area contributed by atoms with Crippen LogP contribution in [-0.2, 0) is 10.0 Å². The van der Waals surface area contributed by atoms with Gasteiger partial charge in [-0.1, -0.05) is 12.1 Å². The average molecular weight is 438 g/mol. The van der Waals surface area contributed by atoms with E-state index >= 15 is 0 Å². The van der Waals surface area contributed by atoms with Crippen molar-refractivity contribution in [3.8, 4) is 5.75 Å². The lowest BCUT2D eigenvalue weighted by atomic mass is 10.2. The molecule has 8 nitrogen and oxygen atoms in total. The number of hydrogen-bond donors (Lipinski definition) is 2. The van der Waals surface area contributed by atoms with Gasteiger partial charge in [0.25, 0.3) is 0 Å². The Hall–Kier alpha value is -2.30. The molecule has 0 amide bonds. The number of rotatable bonds is 7. The van der Waals surface area contributed by atoms with Crippen LogP contribution in [0.25, 0.3) is 0 Å². The molecular weight excluding hydrogens is 410 g/mol. The summed E-state index contributed by atoms with van der Waals surface area (Å²) in [6.07, 6.45) is 0. The maximum Gasteiger partial charge on any atom is 0.250 e. The molecule has 3 rings (SSSR count). The third-order valence-corrected chi connectivity index (χ3v) is 7.53. The van der Waals surface area contributed by atoms with Crippen LogP contribution >= 0.6 is 11.3 Å². The summed E-state index contributed by atoms with van der Waals surface area (Å²) in [5.74, 6) is 1.64. The van der Waals surface area contributed by atoms with E-state index in [2.05, 4.69) is 30.9 Å². The van der Waals surface area contributed by atoms with E-state index in [4.69, 9.17) is 4.74 Å². The molecule has 0 atom stereocenters. The van der Waals surface area contributed by atoms with Gasteiger partial charge in [0.15, 0.2) is 5.96 Å². The second kappa shape index (κ2) is 9.95. The van der Waals surface area contributed by atoms with Crippen LogP contribution < -0.4 is 19.7 Å². The molecule has 29 heavy (non-hydrogen) atoms. The van der Waals surface area contributed by atoms with Gasteiger partial charge in [0.05, 0.1) is 7.11 Å². The van der Waals surface area contributed by atoms with Crippen molar-refractivity contribution in [1.29, 1.82) is 0 Å². The summed E-state index contributed by atoms with van der Waals surface area (Å²) >= 11 is 1.21. The number of aliphatic imine (C=N–C) groups is 1. The maximum atomic E-state index is 12.1. The lowest BCUT2D eigenvalue weighted by Crippen LogP contribution is -2.53. The first-order valence-electron chi connectivity index (χ1n) is 9.41. The van der Waals surface area contributed by atoms with Crippen LogP contribution in [0.1, 0.15) is 0 Å². The van der Waals surface area contributed by atoms with Gasteiger partial charge >= 0.3 is 0 Å². The molecule has 2 N–H and O–H groups in total. The van der Waals surface area contributed by atoms with Gasteiger partial charge in [-0.15, -0.1) is 11.3 Å². The van der Waals surface area contributed by atoms with Gasteiger partial charge in [-0.25, -0.2) is 13.1 Å². The van der Waals surface area contributed by atoms with Crippen LogP contribution in [0.2, 0.25) is 0 Å². The predicted octanol–water partition coefficient (Wildman–Crippen LogP) is 1.43. The van der Waals surface area contributed by atoms with Crippen molar-refractivity contribution in [2.75, 3.05) is 58.3 Å². The summed E-state index contributed by atoms with van der Waals surface area (Å²) in [5, 5.41) is 4.99. The van der Waals surface area contributed by atoms with E-state index in [1.807, 2.05) is 18.2 Å². The second-order valence-electron chi connectivity index (χ2n) is 6.48. The highest BCUT2D eigenvalue weighted by Crippen LogP contribution is 2.22. The Morgan fingerprint density at radius 2 is 1.97 bits per heavy atom. The van der Waals surface area contributed by atoms with E-state index in [0.29, 0.717) is 17.3 Å². The molecule has 0 saturated carbocycles. The minimum absolute atomic E-state index is 0.295. The summed E-state index contributed by atoms with van der Waals surface area (Å²) in [4.78, 5) is 8.84. The van der Waals surface area contributed by atoms with Gasteiger partial charge in [-0.05, 0) is 23.6 Å². The Morgan fingerprint density at radius 1 is 1.17 bits per heavy atom. The summed E-state index contributed by atoms with van der Waals surface area (Å²) in [6.45, 7) is 4.17. The molecule has 1 aliphatic heterocycles. The number of anilines is 1. The molecule has 0 unspecified atom stereocenters. The normalized spacial score (nSPS) is 15.4. The SMILES string of the molecule is CN=C(NCCNS(=O)(=O)c1cccs1)N1CCN(c2cccc(OC)c2)CC1. The van der Waals surface area contributed by atoms with Gasteiger partial charge in [0, 0.05) is 58.1 Å². The van der Waals surface area contributed by atoms with Crippen LogP contribution in [0.3, 0.4) is 0 Å². The largest absolute Gasteiger partial charge is 0.497 e. The lowest BCUT2D eigenvalue weighted by molar-refractivity contribution is 0.372. The molecule has 1 aromatic heterocycles. The molecule has 0 spiro atoms. The Kier molecular flexibility index (Phi) is 7.34. The Labute approximate surface area is 176 Å². The average Bonchev–Trinajstić information content (AvgIpc) is 3.30. The van der Waals surface area contributed by atoms with E-state index in [1.54, 1.807) is 31.7 Å². The highest BCUT2D eigenvalue weighted by atomic mass is 32.2. The zero-order chi connectivity index (χ0) is 20.7. The monoisotopic (exact) mass is 437 g/mol. The van der Waals surface area contributed by atoms with Crippen LogP contribution in [-0.4, -0.2) is 72.7 Å². The molecule has 1 aromatic carbocycles. The van der Waals surface area contributed by atoms with Crippen LogP contribution in [0.4, 0.5) is 5.69 Å². The molecule has 2 aromatic rings. The van der Waals surface area contributed by atoms with Crippen molar-refractivity contribution in [3.63, 3.8) is 0 Å². The van der Waals surface area contributed by atoms with Gasteiger partial charge in [0.1, 0.15) is 9.96 Å². The lowest BCUT2D eigenvalue weighted by Gasteiger charge is -2.37. The number of sulfonamides is 1. The third-order valence-electron chi connectivity index (χ3n) is 4.67. The van der Waals surface area contributed by atoms with Gasteiger partial charge in [-0.2, -0.15) is 0 Å². The van der Waals surface area contributed by atoms with Crippen molar-refractivity contribution in [3.05, 3.63) is 41.8 Å². The highest BCUT2D eigenvalue weighted by molar-refractivity contribution is 7.91. The first kappa shape index (κ1) is 21.4. The number of guanidine groups is 1. The number of thiophene rings is 1. The van der Waals surface area contributed by atoms with Gasteiger partial charge < -0.3 is 19.9 Å². The first-order valence-corrected chi connectivity index (χ1v) is 11.8. The fourth-order valence-corrected chi connectivity index (χ4v) is 5.23. The van der Waals surface area contributed by atoms with Gasteiger partial charge in [-0.3, -0.25) is 4.99 Å². The molecule has 2 heterocycles. The molecule has 0 aliphatic carbocycles.